The van der Waals surface area contributed by atoms with Gasteiger partial charge in [0.1, 0.15) is 20.0 Å². The summed E-state index contributed by atoms with van der Waals surface area (Å²) in [5, 5.41) is 6.94. The van der Waals surface area contributed by atoms with Gasteiger partial charge in [0.2, 0.25) is 0 Å². The SMILES string of the molecule is COc1ccc2c(c1)N(C)C(=c1sc(=C3C(=O)N(c4ccccc4)N=C3C)n(C3CCCCC3)c1=O)S2. The van der Waals surface area contributed by atoms with E-state index in [0.29, 0.717) is 20.5 Å². The molecular formula is C28H28N4O3S2. The Morgan fingerprint density at radius 1 is 1.03 bits per heavy atom. The van der Waals surface area contributed by atoms with Gasteiger partial charge in [-0.25, -0.2) is 0 Å². The van der Waals surface area contributed by atoms with Crippen molar-refractivity contribution >= 4 is 56.7 Å². The molecule has 1 saturated carbocycles. The van der Waals surface area contributed by atoms with Gasteiger partial charge in [0.15, 0.2) is 0 Å². The van der Waals surface area contributed by atoms with Crippen molar-refractivity contribution < 1.29 is 9.53 Å². The first kappa shape index (κ1) is 24.1. The standard InChI is InChI=1S/C28H28N4O3S2/c1-17-23(25(33)32(29-17)19-12-8-5-9-13-19)27-31(18-10-6-4-7-11-18)26(34)24(37-27)28-30(2)21-16-20(35-3)14-15-22(21)36-28/h5,8-9,12-16,18H,4,6-7,10-11H2,1-3H3. The van der Waals surface area contributed by atoms with Crippen LogP contribution in [0, 0.1) is 0 Å². The molecule has 0 radical (unpaired) electrons. The molecule has 0 unspecified atom stereocenters. The zero-order chi connectivity index (χ0) is 25.7. The number of methoxy groups -OCH3 is 1. The van der Waals surface area contributed by atoms with E-state index < -0.39 is 0 Å². The van der Waals surface area contributed by atoms with Gasteiger partial charge in [-0.3, -0.25) is 14.2 Å². The molecule has 2 aliphatic heterocycles. The summed E-state index contributed by atoms with van der Waals surface area (Å²) in [6, 6.07) is 15.5. The number of hydrogen-bond donors (Lipinski definition) is 0. The van der Waals surface area contributed by atoms with Crippen molar-refractivity contribution in [3.05, 3.63) is 68.1 Å². The van der Waals surface area contributed by atoms with E-state index in [1.165, 1.54) is 22.8 Å². The van der Waals surface area contributed by atoms with Crippen LogP contribution >= 0.6 is 23.1 Å². The van der Waals surface area contributed by atoms with Crippen LogP contribution in [0.3, 0.4) is 0 Å². The average molecular weight is 533 g/mol. The number of carbonyl (C=O) groups is 1. The van der Waals surface area contributed by atoms with Gasteiger partial charge in [0.25, 0.3) is 11.5 Å². The third-order valence-corrected chi connectivity index (χ3v) is 9.77. The van der Waals surface area contributed by atoms with E-state index in [9.17, 15) is 9.59 Å². The second-order valence-electron chi connectivity index (χ2n) is 9.52. The fourth-order valence-electron chi connectivity index (χ4n) is 5.32. The molecule has 1 amide bonds. The largest absolute Gasteiger partial charge is 0.497 e. The lowest BCUT2D eigenvalue weighted by Gasteiger charge is -2.23. The normalized spacial score (nSPS) is 20.9. The van der Waals surface area contributed by atoms with E-state index in [4.69, 9.17) is 4.74 Å². The van der Waals surface area contributed by atoms with Gasteiger partial charge in [0, 0.05) is 24.1 Å². The summed E-state index contributed by atoms with van der Waals surface area (Å²) >= 11 is 3.01. The molecule has 6 rings (SSSR count). The molecule has 3 aliphatic rings. The maximum Gasteiger partial charge on any atom is 0.283 e. The summed E-state index contributed by atoms with van der Waals surface area (Å²) in [5.74, 6) is 0.588. The third kappa shape index (κ3) is 4.01. The van der Waals surface area contributed by atoms with Crippen molar-refractivity contribution in [3.8, 4) is 5.75 Å². The average Bonchev–Trinajstić information content (AvgIpc) is 3.54. The van der Waals surface area contributed by atoms with E-state index in [0.717, 1.165) is 52.7 Å². The molecule has 37 heavy (non-hydrogen) atoms. The third-order valence-electron chi connectivity index (χ3n) is 7.24. The summed E-state index contributed by atoms with van der Waals surface area (Å²) in [5.41, 5.74) is 2.86. The minimum absolute atomic E-state index is 0.0210. The van der Waals surface area contributed by atoms with Crippen molar-refractivity contribution in [2.75, 3.05) is 24.1 Å². The van der Waals surface area contributed by atoms with Crippen LogP contribution in [0.4, 0.5) is 11.4 Å². The van der Waals surface area contributed by atoms with Crippen molar-refractivity contribution in [2.24, 2.45) is 5.10 Å². The van der Waals surface area contributed by atoms with Gasteiger partial charge < -0.3 is 9.64 Å². The Morgan fingerprint density at radius 2 is 1.78 bits per heavy atom. The first-order valence-electron chi connectivity index (χ1n) is 12.5. The van der Waals surface area contributed by atoms with Crippen molar-refractivity contribution in [1.29, 1.82) is 0 Å². The van der Waals surface area contributed by atoms with Crippen LogP contribution in [-0.2, 0) is 4.79 Å². The second kappa shape index (κ2) is 9.54. The number of aromatic nitrogens is 1. The van der Waals surface area contributed by atoms with Gasteiger partial charge in [-0.2, -0.15) is 10.1 Å². The fourth-order valence-corrected chi connectivity index (χ4v) is 7.90. The van der Waals surface area contributed by atoms with E-state index in [1.807, 2.05) is 67.1 Å². The number of thioether (sulfide) groups is 1. The quantitative estimate of drug-likeness (QED) is 0.503. The van der Waals surface area contributed by atoms with Gasteiger partial charge in [0.05, 0.1) is 29.8 Å². The van der Waals surface area contributed by atoms with Crippen LogP contribution in [0.15, 0.2) is 63.3 Å². The molecule has 1 aromatic heterocycles. The first-order valence-corrected chi connectivity index (χ1v) is 14.2. The summed E-state index contributed by atoms with van der Waals surface area (Å²) in [6.45, 7) is 1.86. The second-order valence-corrected chi connectivity index (χ2v) is 11.5. The number of hydrogen-bond acceptors (Lipinski definition) is 7. The smallest absolute Gasteiger partial charge is 0.283 e. The number of rotatable bonds is 3. The molecule has 2 aromatic carbocycles. The van der Waals surface area contributed by atoms with Gasteiger partial charge >= 0.3 is 0 Å². The molecule has 1 aliphatic carbocycles. The van der Waals surface area contributed by atoms with Gasteiger partial charge in [-0.1, -0.05) is 49.2 Å². The minimum atomic E-state index is -0.188. The maximum atomic E-state index is 14.1. The molecule has 7 nitrogen and oxygen atoms in total. The number of ether oxygens (including phenoxy) is 1. The maximum absolute atomic E-state index is 14.1. The molecule has 1 fully saturated rings. The van der Waals surface area contributed by atoms with Crippen LogP contribution in [0.2, 0.25) is 0 Å². The fraction of sp³-hybridized carbons (Fsp3) is 0.321. The molecule has 0 atom stereocenters. The molecule has 9 heteroatoms. The number of hydrazone groups is 1. The number of benzene rings is 2. The molecule has 0 saturated heterocycles. The zero-order valence-electron chi connectivity index (χ0n) is 21.1. The Morgan fingerprint density at radius 3 is 2.51 bits per heavy atom. The van der Waals surface area contributed by atoms with Crippen LogP contribution in [-0.4, -0.2) is 30.3 Å². The van der Waals surface area contributed by atoms with Gasteiger partial charge in [-0.05, 0) is 44.0 Å². The lowest BCUT2D eigenvalue weighted by molar-refractivity contribution is -0.112. The number of thiazole rings is 1. The van der Waals surface area contributed by atoms with Crippen molar-refractivity contribution in [1.82, 2.24) is 4.57 Å². The summed E-state index contributed by atoms with van der Waals surface area (Å²) < 4.78 is 8.71. The van der Waals surface area contributed by atoms with E-state index in [2.05, 4.69) is 10.0 Å². The molecular weight excluding hydrogens is 504 g/mol. The van der Waals surface area contributed by atoms with E-state index >= 15 is 0 Å². The van der Waals surface area contributed by atoms with Crippen LogP contribution in [0.1, 0.15) is 45.1 Å². The highest BCUT2D eigenvalue weighted by Crippen LogP contribution is 2.46. The van der Waals surface area contributed by atoms with Crippen LogP contribution in [0.25, 0.3) is 10.6 Å². The van der Waals surface area contributed by atoms with Crippen molar-refractivity contribution in [3.63, 3.8) is 0 Å². The van der Waals surface area contributed by atoms with Gasteiger partial charge in [-0.15, -0.1) is 11.3 Å². The van der Waals surface area contributed by atoms with E-state index in [-0.39, 0.29) is 17.5 Å². The molecule has 3 aromatic rings. The number of para-hydroxylation sites is 1. The van der Waals surface area contributed by atoms with Crippen molar-refractivity contribution in [2.45, 2.75) is 50.0 Å². The monoisotopic (exact) mass is 532 g/mol. The molecule has 0 spiro atoms. The van der Waals surface area contributed by atoms with Crippen LogP contribution in [0.5, 0.6) is 5.75 Å². The summed E-state index contributed by atoms with van der Waals surface area (Å²) in [6.07, 6.45) is 5.25. The summed E-state index contributed by atoms with van der Waals surface area (Å²) in [7, 11) is 3.64. The number of anilines is 2. The highest BCUT2D eigenvalue weighted by atomic mass is 32.2. The highest BCUT2D eigenvalue weighted by molar-refractivity contribution is 8.08. The topological polar surface area (TPSA) is 67.1 Å². The summed E-state index contributed by atoms with van der Waals surface area (Å²) in [4.78, 5) is 31.0. The molecule has 3 heterocycles. The molecule has 190 valence electrons. The molecule has 0 bridgehead atoms. The minimum Gasteiger partial charge on any atom is -0.497 e. The Labute approximate surface area is 223 Å². The number of fused-ring (bicyclic) bond motifs is 1. The Hall–Kier alpha value is -3.30. The zero-order valence-corrected chi connectivity index (χ0v) is 22.7. The highest BCUT2D eigenvalue weighted by Gasteiger charge is 2.33. The predicted octanol–water partition coefficient (Wildman–Crippen LogP) is 4.30. The number of carbonyl (C=O) groups excluding carboxylic acids is 1. The Bertz CT molecular complexity index is 1600. The van der Waals surface area contributed by atoms with Crippen LogP contribution < -0.4 is 29.4 Å². The number of nitrogens with zero attached hydrogens (tertiary/aromatic N) is 4. The lowest BCUT2D eigenvalue weighted by Crippen LogP contribution is -2.38. The number of amides is 1. The predicted molar refractivity (Wildman–Crippen MR) is 151 cm³/mol. The first-order chi connectivity index (χ1) is 18.0. The Kier molecular flexibility index (Phi) is 6.20. The molecule has 0 N–H and O–H groups in total. The lowest BCUT2D eigenvalue weighted by atomic mass is 9.95. The Balaban J connectivity index is 1.57. The van der Waals surface area contributed by atoms with E-state index in [1.54, 1.807) is 18.9 Å².